The molecule has 8 heteroatoms. The number of hydrogen-bond acceptors (Lipinski definition) is 3. The van der Waals surface area contributed by atoms with E-state index >= 15 is 0 Å². The summed E-state index contributed by atoms with van der Waals surface area (Å²) in [5.41, 5.74) is 2.66. The van der Waals surface area contributed by atoms with E-state index in [4.69, 9.17) is 23.2 Å². The van der Waals surface area contributed by atoms with Crippen molar-refractivity contribution in [3.63, 3.8) is 0 Å². The third-order valence-electron chi connectivity index (χ3n) is 5.03. The summed E-state index contributed by atoms with van der Waals surface area (Å²) in [4.78, 5) is 14.7. The molecule has 3 aromatic carbocycles. The number of halogens is 2. The average molecular weight is 461 g/mol. The van der Waals surface area contributed by atoms with Crippen molar-refractivity contribution in [1.29, 1.82) is 0 Å². The Morgan fingerprint density at radius 2 is 1.57 bits per heavy atom. The number of fused-ring (bicyclic) bond motifs is 1. The van der Waals surface area contributed by atoms with Gasteiger partial charge in [-0.3, -0.25) is 4.90 Å². The summed E-state index contributed by atoms with van der Waals surface area (Å²) in [5.74, 6) is 0. The molecule has 0 aliphatic carbocycles. The monoisotopic (exact) mass is 460 g/mol. The number of anilines is 1. The number of amides is 2. The number of benzene rings is 3. The smallest absolute Gasteiger partial charge is 0.288 e. The van der Waals surface area contributed by atoms with Crippen LogP contribution >= 0.6 is 23.2 Å². The minimum absolute atomic E-state index is 0.0159. The molecule has 3 aromatic rings. The average Bonchev–Trinajstić information content (AvgIpc) is 2.70. The molecule has 1 aliphatic rings. The summed E-state index contributed by atoms with van der Waals surface area (Å²) in [5, 5.41) is 0.241. The lowest BCUT2D eigenvalue weighted by Gasteiger charge is -2.37. The summed E-state index contributed by atoms with van der Waals surface area (Å²) in [6, 6.07) is 18.9. The molecule has 154 valence electrons. The predicted molar refractivity (Wildman–Crippen MR) is 118 cm³/mol. The SMILES string of the molecule is Cc1ccccc1CN1C(=O)N(Cc2ccccc2)c2cc(Cl)cc(Cl)c2S1(=O)=O. The number of nitrogens with zero attached hydrogens (tertiary/aromatic N) is 2. The molecule has 30 heavy (non-hydrogen) atoms. The Bertz CT molecular complexity index is 1230. The fourth-order valence-electron chi connectivity index (χ4n) is 3.47. The molecule has 1 aliphatic heterocycles. The lowest BCUT2D eigenvalue weighted by Crippen LogP contribution is -2.50. The number of carbonyl (C=O) groups is 1. The highest BCUT2D eigenvalue weighted by atomic mass is 35.5. The first-order chi connectivity index (χ1) is 14.3. The van der Waals surface area contributed by atoms with E-state index < -0.39 is 16.1 Å². The molecule has 0 saturated carbocycles. The van der Waals surface area contributed by atoms with Crippen molar-refractivity contribution in [3.8, 4) is 0 Å². The summed E-state index contributed by atoms with van der Waals surface area (Å²) in [6.07, 6.45) is 0. The molecule has 1 heterocycles. The molecule has 0 radical (unpaired) electrons. The van der Waals surface area contributed by atoms with E-state index in [9.17, 15) is 13.2 Å². The normalized spacial score (nSPS) is 15.2. The van der Waals surface area contributed by atoms with Gasteiger partial charge in [-0.05, 0) is 35.7 Å². The maximum atomic E-state index is 13.4. The largest absolute Gasteiger partial charge is 0.339 e. The zero-order valence-corrected chi connectivity index (χ0v) is 18.4. The Labute approximate surface area is 185 Å². The van der Waals surface area contributed by atoms with Crippen LogP contribution in [0.2, 0.25) is 10.0 Å². The Balaban J connectivity index is 1.87. The van der Waals surface area contributed by atoms with Crippen LogP contribution in [0.4, 0.5) is 10.5 Å². The van der Waals surface area contributed by atoms with Crippen molar-refractivity contribution < 1.29 is 13.2 Å². The molecule has 5 nitrogen and oxygen atoms in total. The second kappa shape index (κ2) is 7.95. The molecule has 2 amide bonds. The Morgan fingerprint density at radius 3 is 2.27 bits per heavy atom. The third kappa shape index (κ3) is 3.67. The number of carbonyl (C=O) groups excluding carboxylic acids is 1. The summed E-state index contributed by atoms with van der Waals surface area (Å²) in [6.45, 7) is 1.97. The van der Waals surface area contributed by atoms with Crippen LogP contribution in [-0.4, -0.2) is 18.8 Å². The van der Waals surface area contributed by atoms with Gasteiger partial charge in [0.2, 0.25) is 0 Å². The first-order valence-corrected chi connectivity index (χ1v) is 11.4. The molecule has 4 rings (SSSR count). The Morgan fingerprint density at radius 1 is 0.900 bits per heavy atom. The molecular weight excluding hydrogens is 443 g/mol. The molecule has 0 spiro atoms. The molecule has 0 unspecified atom stereocenters. The van der Waals surface area contributed by atoms with E-state index in [1.165, 1.54) is 17.0 Å². The third-order valence-corrected chi connectivity index (χ3v) is 7.47. The van der Waals surface area contributed by atoms with E-state index in [2.05, 4.69) is 0 Å². The highest BCUT2D eigenvalue weighted by Crippen LogP contribution is 2.42. The van der Waals surface area contributed by atoms with Crippen LogP contribution in [0.25, 0.3) is 0 Å². The summed E-state index contributed by atoms with van der Waals surface area (Å²) < 4.78 is 27.7. The molecule has 0 saturated heterocycles. The fraction of sp³-hybridized carbons (Fsp3) is 0.136. The van der Waals surface area contributed by atoms with Gasteiger partial charge in [-0.2, -0.15) is 0 Å². The van der Waals surface area contributed by atoms with E-state index in [-0.39, 0.29) is 33.7 Å². The fourth-order valence-corrected chi connectivity index (χ4v) is 5.81. The van der Waals surface area contributed by atoms with Gasteiger partial charge in [-0.25, -0.2) is 17.5 Å². The number of aryl methyl sites for hydroxylation is 1. The lowest BCUT2D eigenvalue weighted by atomic mass is 10.1. The van der Waals surface area contributed by atoms with Crippen LogP contribution in [-0.2, 0) is 23.1 Å². The van der Waals surface area contributed by atoms with Crippen LogP contribution in [0.5, 0.6) is 0 Å². The molecular formula is C22H18Cl2N2O3S. The van der Waals surface area contributed by atoms with Gasteiger partial charge in [-0.1, -0.05) is 77.8 Å². The minimum atomic E-state index is -4.17. The lowest BCUT2D eigenvalue weighted by molar-refractivity contribution is 0.226. The first-order valence-electron chi connectivity index (χ1n) is 9.21. The van der Waals surface area contributed by atoms with Gasteiger partial charge in [0.15, 0.2) is 0 Å². The molecule has 0 N–H and O–H groups in total. The zero-order chi connectivity index (χ0) is 21.5. The highest BCUT2D eigenvalue weighted by molar-refractivity contribution is 7.90. The summed E-state index contributed by atoms with van der Waals surface area (Å²) in [7, 11) is -4.17. The summed E-state index contributed by atoms with van der Waals surface area (Å²) >= 11 is 12.5. The zero-order valence-electron chi connectivity index (χ0n) is 16.0. The first kappa shape index (κ1) is 20.7. The number of sulfonamides is 1. The number of rotatable bonds is 4. The second-order valence-corrected chi connectivity index (χ2v) is 9.67. The van der Waals surface area contributed by atoms with Crippen LogP contribution in [0, 0.1) is 6.92 Å². The molecule has 0 aromatic heterocycles. The van der Waals surface area contributed by atoms with E-state index in [1.807, 2.05) is 55.5 Å². The van der Waals surface area contributed by atoms with Gasteiger partial charge in [0.05, 0.1) is 23.8 Å². The van der Waals surface area contributed by atoms with Crippen LogP contribution in [0.15, 0.2) is 71.6 Å². The molecule has 0 bridgehead atoms. The number of hydrogen-bond donors (Lipinski definition) is 0. The van der Waals surface area contributed by atoms with E-state index in [1.54, 1.807) is 6.07 Å². The minimum Gasteiger partial charge on any atom is -0.288 e. The molecule has 0 atom stereocenters. The maximum absolute atomic E-state index is 13.4. The van der Waals surface area contributed by atoms with Crippen molar-refractivity contribution in [1.82, 2.24) is 4.31 Å². The van der Waals surface area contributed by atoms with Crippen molar-refractivity contribution in [2.75, 3.05) is 4.90 Å². The van der Waals surface area contributed by atoms with Crippen LogP contribution in [0.3, 0.4) is 0 Å². The van der Waals surface area contributed by atoms with Crippen LogP contribution in [0.1, 0.15) is 16.7 Å². The van der Waals surface area contributed by atoms with Gasteiger partial charge in [0, 0.05) is 5.02 Å². The maximum Gasteiger partial charge on any atom is 0.339 e. The van der Waals surface area contributed by atoms with Crippen LogP contribution < -0.4 is 4.90 Å². The van der Waals surface area contributed by atoms with Gasteiger partial charge >= 0.3 is 6.03 Å². The standard InChI is InChI=1S/C22H18Cl2N2O3S/c1-15-7-5-6-10-17(15)14-26-22(27)25(13-16-8-3-2-4-9-16)20-12-18(23)11-19(24)21(20)30(26,28)29/h2-12H,13-14H2,1H3. The van der Waals surface area contributed by atoms with E-state index in [0.29, 0.717) is 0 Å². The number of urea groups is 1. The highest BCUT2D eigenvalue weighted by Gasteiger charge is 2.43. The second-order valence-electron chi connectivity index (χ2n) is 7.03. The van der Waals surface area contributed by atoms with Gasteiger partial charge in [-0.15, -0.1) is 0 Å². The van der Waals surface area contributed by atoms with E-state index in [0.717, 1.165) is 21.0 Å². The quantitative estimate of drug-likeness (QED) is 0.506. The Hall–Kier alpha value is -2.54. The van der Waals surface area contributed by atoms with Crippen molar-refractivity contribution >= 4 is 44.9 Å². The Kier molecular flexibility index (Phi) is 5.49. The topological polar surface area (TPSA) is 57.7 Å². The van der Waals surface area contributed by atoms with Gasteiger partial charge in [0.1, 0.15) is 4.90 Å². The van der Waals surface area contributed by atoms with Gasteiger partial charge < -0.3 is 0 Å². The molecule has 0 fully saturated rings. The van der Waals surface area contributed by atoms with Crippen molar-refractivity contribution in [3.05, 3.63) is 93.5 Å². The van der Waals surface area contributed by atoms with Crippen molar-refractivity contribution in [2.24, 2.45) is 0 Å². The predicted octanol–water partition coefficient (Wildman–Crippen LogP) is 5.63. The van der Waals surface area contributed by atoms with Crippen molar-refractivity contribution in [2.45, 2.75) is 24.9 Å². The van der Waals surface area contributed by atoms with Gasteiger partial charge in [0.25, 0.3) is 10.0 Å².